The molecule has 0 saturated carbocycles. The van der Waals surface area contributed by atoms with E-state index in [1.54, 1.807) is 17.7 Å². The molecule has 0 fully saturated rings. The van der Waals surface area contributed by atoms with Crippen LogP contribution >= 0.6 is 11.3 Å². The first-order valence-electron chi connectivity index (χ1n) is 8.46. The number of carbonyl (C=O) groups is 1. The van der Waals surface area contributed by atoms with Gasteiger partial charge in [0.05, 0.1) is 11.3 Å². The molecule has 2 aliphatic rings. The molecular weight excluding hydrogens is 322 g/mol. The highest BCUT2D eigenvalue weighted by Crippen LogP contribution is 2.39. The first-order chi connectivity index (χ1) is 11.6. The van der Waals surface area contributed by atoms with Crippen molar-refractivity contribution in [2.75, 3.05) is 11.9 Å². The number of amides is 1. The fourth-order valence-corrected chi connectivity index (χ4v) is 4.92. The number of nitrogens with zero attached hydrogens (tertiary/aromatic N) is 3. The molecule has 0 spiro atoms. The van der Waals surface area contributed by atoms with E-state index >= 15 is 0 Å². The van der Waals surface area contributed by atoms with Crippen LogP contribution in [0, 0.1) is 11.8 Å². The number of anilines is 1. The SMILES string of the molecule is CC1=NNC(=O)C1CCNc1ncnc2sc3c(c12)CCC(C)C3. The van der Waals surface area contributed by atoms with Gasteiger partial charge in [0.15, 0.2) is 0 Å². The molecule has 1 aliphatic heterocycles. The second-order valence-corrected chi connectivity index (χ2v) is 7.84. The van der Waals surface area contributed by atoms with Crippen molar-refractivity contribution in [1.82, 2.24) is 15.4 Å². The van der Waals surface area contributed by atoms with E-state index in [9.17, 15) is 4.79 Å². The molecule has 3 heterocycles. The Kier molecular flexibility index (Phi) is 3.96. The standard InChI is InChI=1S/C17H21N5OS/c1-9-3-4-12-13(7-9)24-17-14(12)15(19-8-20-17)18-6-5-11-10(2)21-22-16(11)23/h8-9,11H,3-7H2,1-2H3,(H,22,23)(H,18,19,20). The summed E-state index contributed by atoms with van der Waals surface area (Å²) < 4.78 is 0. The van der Waals surface area contributed by atoms with Crippen LogP contribution < -0.4 is 10.7 Å². The van der Waals surface area contributed by atoms with Gasteiger partial charge in [-0.15, -0.1) is 11.3 Å². The van der Waals surface area contributed by atoms with E-state index in [2.05, 4.69) is 32.7 Å². The number of nitrogens with one attached hydrogen (secondary N) is 2. The maximum absolute atomic E-state index is 11.7. The summed E-state index contributed by atoms with van der Waals surface area (Å²) in [5, 5.41) is 8.61. The van der Waals surface area contributed by atoms with Crippen LogP contribution in [0.3, 0.4) is 0 Å². The van der Waals surface area contributed by atoms with Crippen LogP contribution in [-0.4, -0.2) is 28.1 Å². The molecular formula is C17H21N5OS. The zero-order valence-electron chi connectivity index (χ0n) is 13.9. The lowest BCUT2D eigenvalue weighted by molar-refractivity contribution is -0.122. The van der Waals surface area contributed by atoms with Crippen molar-refractivity contribution in [3.63, 3.8) is 0 Å². The van der Waals surface area contributed by atoms with Crippen LogP contribution in [0.1, 0.15) is 37.1 Å². The minimum absolute atomic E-state index is 0.0102. The Labute approximate surface area is 144 Å². The molecule has 2 unspecified atom stereocenters. The molecule has 2 aromatic heterocycles. The Balaban J connectivity index is 1.54. The molecule has 1 aliphatic carbocycles. The van der Waals surface area contributed by atoms with Crippen molar-refractivity contribution in [3.8, 4) is 0 Å². The molecule has 126 valence electrons. The first kappa shape index (κ1) is 15.5. The van der Waals surface area contributed by atoms with Crippen molar-refractivity contribution in [1.29, 1.82) is 0 Å². The Hall–Kier alpha value is -2.02. The highest BCUT2D eigenvalue weighted by atomic mass is 32.1. The third kappa shape index (κ3) is 2.66. The van der Waals surface area contributed by atoms with Gasteiger partial charge in [-0.3, -0.25) is 4.79 Å². The normalized spacial score (nSPS) is 23.1. The van der Waals surface area contributed by atoms with Gasteiger partial charge in [-0.05, 0) is 44.1 Å². The Morgan fingerprint density at radius 1 is 1.42 bits per heavy atom. The van der Waals surface area contributed by atoms with Crippen molar-refractivity contribution >= 4 is 39.0 Å². The summed E-state index contributed by atoms with van der Waals surface area (Å²) in [4.78, 5) is 23.2. The van der Waals surface area contributed by atoms with Crippen molar-refractivity contribution in [2.24, 2.45) is 16.9 Å². The van der Waals surface area contributed by atoms with E-state index in [4.69, 9.17) is 0 Å². The summed E-state index contributed by atoms with van der Waals surface area (Å²) in [6.07, 6.45) is 5.83. The first-order valence-corrected chi connectivity index (χ1v) is 9.28. The highest BCUT2D eigenvalue weighted by molar-refractivity contribution is 7.19. The molecule has 2 atom stereocenters. The molecule has 0 aromatic carbocycles. The molecule has 0 radical (unpaired) electrons. The number of thiophene rings is 1. The molecule has 2 aromatic rings. The van der Waals surface area contributed by atoms with Gasteiger partial charge in [-0.25, -0.2) is 15.4 Å². The van der Waals surface area contributed by atoms with Crippen molar-refractivity contribution < 1.29 is 4.79 Å². The average molecular weight is 343 g/mol. The largest absolute Gasteiger partial charge is 0.369 e. The highest BCUT2D eigenvalue weighted by Gasteiger charge is 2.27. The summed E-state index contributed by atoms with van der Waals surface area (Å²) >= 11 is 1.80. The predicted molar refractivity (Wildman–Crippen MR) is 96.5 cm³/mol. The summed E-state index contributed by atoms with van der Waals surface area (Å²) in [6, 6.07) is 0. The minimum Gasteiger partial charge on any atom is -0.369 e. The number of rotatable bonds is 4. The lowest BCUT2D eigenvalue weighted by Gasteiger charge is -2.18. The molecule has 1 amide bonds. The van der Waals surface area contributed by atoms with Crippen LogP contribution in [0.2, 0.25) is 0 Å². The predicted octanol–water partition coefficient (Wildman–Crippen LogP) is 2.74. The second kappa shape index (κ2) is 6.12. The third-order valence-corrected chi connectivity index (χ3v) is 6.14. The molecule has 0 saturated heterocycles. The number of hydrazone groups is 1. The third-order valence-electron chi connectivity index (χ3n) is 4.98. The number of hydrogen-bond acceptors (Lipinski definition) is 6. The topological polar surface area (TPSA) is 79.3 Å². The number of fused-ring (bicyclic) bond motifs is 3. The Morgan fingerprint density at radius 2 is 2.29 bits per heavy atom. The molecule has 6 nitrogen and oxygen atoms in total. The maximum atomic E-state index is 11.7. The molecule has 4 rings (SSSR count). The molecule has 2 N–H and O–H groups in total. The molecule has 7 heteroatoms. The number of aromatic nitrogens is 2. The van der Waals surface area contributed by atoms with E-state index in [1.165, 1.54) is 22.2 Å². The van der Waals surface area contributed by atoms with Crippen LogP contribution in [-0.2, 0) is 17.6 Å². The van der Waals surface area contributed by atoms with Gasteiger partial charge < -0.3 is 5.32 Å². The van der Waals surface area contributed by atoms with E-state index in [0.717, 1.165) is 41.5 Å². The zero-order chi connectivity index (χ0) is 16.7. The van der Waals surface area contributed by atoms with E-state index in [0.29, 0.717) is 6.54 Å². The zero-order valence-corrected chi connectivity index (χ0v) is 14.7. The molecule has 0 bridgehead atoms. The van der Waals surface area contributed by atoms with Gasteiger partial charge in [0, 0.05) is 17.1 Å². The number of hydrogen-bond donors (Lipinski definition) is 2. The van der Waals surface area contributed by atoms with Crippen LogP contribution in [0.15, 0.2) is 11.4 Å². The lowest BCUT2D eigenvalue weighted by atomic mass is 9.89. The second-order valence-electron chi connectivity index (χ2n) is 6.75. The fourth-order valence-electron chi connectivity index (χ4n) is 3.57. The fraction of sp³-hybridized carbons (Fsp3) is 0.529. The molecule has 24 heavy (non-hydrogen) atoms. The summed E-state index contributed by atoms with van der Waals surface area (Å²) in [5.41, 5.74) is 4.82. The smallest absolute Gasteiger partial charge is 0.248 e. The van der Waals surface area contributed by atoms with Gasteiger partial charge in [-0.1, -0.05) is 6.92 Å². The monoisotopic (exact) mass is 343 g/mol. The van der Waals surface area contributed by atoms with Gasteiger partial charge >= 0.3 is 0 Å². The van der Waals surface area contributed by atoms with Crippen LogP contribution in [0.4, 0.5) is 5.82 Å². The lowest BCUT2D eigenvalue weighted by Crippen LogP contribution is -2.24. The summed E-state index contributed by atoms with van der Waals surface area (Å²) in [6.45, 7) is 4.90. The summed E-state index contributed by atoms with van der Waals surface area (Å²) in [5.74, 6) is 1.51. The minimum atomic E-state index is -0.132. The van der Waals surface area contributed by atoms with Gasteiger partial charge in [0.25, 0.3) is 0 Å². The van der Waals surface area contributed by atoms with Gasteiger partial charge in [-0.2, -0.15) is 5.10 Å². The number of carbonyl (C=O) groups excluding carboxylic acids is 1. The van der Waals surface area contributed by atoms with E-state index < -0.39 is 0 Å². The Bertz CT molecular complexity index is 828. The summed E-state index contributed by atoms with van der Waals surface area (Å²) in [7, 11) is 0. The van der Waals surface area contributed by atoms with E-state index in [-0.39, 0.29) is 11.8 Å². The quantitative estimate of drug-likeness (QED) is 0.895. The van der Waals surface area contributed by atoms with E-state index in [1.807, 2.05) is 6.92 Å². The van der Waals surface area contributed by atoms with Crippen molar-refractivity contribution in [3.05, 3.63) is 16.8 Å². The van der Waals surface area contributed by atoms with Gasteiger partial charge in [0.1, 0.15) is 17.0 Å². The van der Waals surface area contributed by atoms with Crippen LogP contribution in [0.25, 0.3) is 10.2 Å². The number of aryl methyl sites for hydroxylation is 1. The maximum Gasteiger partial charge on any atom is 0.248 e. The Morgan fingerprint density at radius 3 is 3.08 bits per heavy atom. The van der Waals surface area contributed by atoms with Crippen LogP contribution in [0.5, 0.6) is 0 Å². The van der Waals surface area contributed by atoms with Gasteiger partial charge in [0.2, 0.25) is 5.91 Å². The average Bonchev–Trinajstić information content (AvgIpc) is 3.08. The van der Waals surface area contributed by atoms with Crippen molar-refractivity contribution in [2.45, 2.75) is 39.5 Å².